The Morgan fingerprint density at radius 2 is 1.67 bits per heavy atom. The Bertz CT molecular complexity index is 1630. The van der Waals surface area contributed by atoms with Crippen molar-refractivity contribution in [1.82, 2.24) is 19.3 Å². The molecule has 0 fully saturated rings. The number of benzene rings is 3. The fraction of sp³-hybridized carbons (Fsp3) is 0.405. The number of nitrogens with zero attached hydrogens (tertiary/aromatic N) is 4. The number of aryl methyl sites for hydroxylation is 1. The highest BCUT2D eigenvalue weighted by Gasteiger charge is 2.34. The fourth-order valence-electron chi connectivity index (χ4n) is 6.47. The molecule has 8 nitrogen and oxygen atoms in total. The molecule has 1 aliphatic heterocycles. The van der Waals surface area contributed by atoms with Crippen molar-refractivity contribution >= 4 is 22.7 Å². The first kappa shape index (κ1) is 32.4. The smallest absolute Gasteiger partial charge is 0.271 e. The van der Waals surface area contributed by atoms with Crippen LogP contribution >= 0.6 is 0 Å². The first-order chi connectivity index (χ1) is 21.6. The van der Waals surface area contributed by atoms with Gasteiger partial charge in [-0.3, -0.25) is 14.5 Å². The number of aliphatic hydroxyl groups excluding tert-OH is 1. The molecule has 1 aromatic heterocycles. The molecule has 5 rings (SSSR count). The van der Waals surface area contributed by atoms with Crippen LogP contribution in [0.15, 0.2) is 78.9 Å². The summed E-state index contributed by atoms with van der Waals surface area (Å²) in [6, 6.07) is 25.5. The molecule has 0 spiro atoms. The van der Waals surface area contributed by atoms with Crippen LogP contribution in [0.1, 0.15) is 35.5 Å². The van der Waals surface area contributed by atoms with Gasteiger partial charge in [0.1, 0.15) is 5.69 Å². The van der Waals surface area contributed by atoms with Crippen LogP contribution in [-0.2, 0) is 29.6 Å². The molecule has 2 amide bonds. The number of rotatable bonds is 8. The number of carbonyl (C=O) groups is 2. The number of hydrogen-bond donors (Lipinski definition) is 1. The average Bonchev–Trinajstić information content (AvgIpc) is 3.34. The van der Waals surface area contributed by atoms with E-state index in [1.165, 1.54) is 0 Å². The van der Waals surface area contributed by atoms with Crippen LogP contribution in [-0.4, -0.2) is 95.2 Å². The summed E-state index contributed by atoms with van der Waals surface area (Å²) in [5.41, 5.74) is 5.47. The van der Waals surface area contributed by atoms with Crippen molar-refractivity contribution < 1.29 is 19.4 Å². The molecule has 4 atom stereocenters. The quantitative estimate of drug-likeness (QED) is 0.309. The molecule has 238 valence electrons. The molecule has 1 aliphatic rings. The molecule has 45 heavy (non-hydrogen) atoms. The summed E-state index contributed by atoms with van der Waals surface area (Å²) in [5.74, 6) is -0.244. The zero-order valence-corrected chi connectivity index (χ0v) is 27.3. The third-order valence-corrected chi connectivity index (χ3v) is 9.24. The standard InChI is InChI=1S/C37H46N4O4/c1-25-21-41(26(2)23-42)37(44)35-34(30-18-12-13-19-31(30)40(35)6)29-17-11-10-16-28(29)24-45-33(25)22-39(5)36(43)32(38(3)4)20-27-14-8-7-9-15-27/h7-19,25-26,32-33,42H,20-24H2,1-6H3/t25-,26+,32+,33-/m0/s1. The Hall–Kier alpha value is -3.98. The minimum atomic E-state index is -0.411. The monoisotopic (exact) mass is 610 g/mol. The highest BCUT2D eigenvalue weighted by molar-refractivity contribution is 6.10. The zero-order chi connectivity index (χ0) is 32.2. The Labute approximate surface area is 266 Å². The van der Waals surface area contributed by atoms with Crippen molar-refractivity contribution in [3.05, 3.63) is 95.7 Å². The van der Waals surface area contributed by atoms with E-state index in [9.17, 15) is 14.7 Å². The van der Waals surface area contributed by atoms with E-state index in [1.54, 1.807) is 9.80 Å². The lowest BCUT2D eigenvalue weighted by atomic mass is 9.96. The largest absolute Gasteiger partial charge is 0.394 e. The van der Waals surface area contributed by atoms with Gasteiger partial charge in [-0.1, -0.05) is 79.7 Å². The average molecular weight is 611 g/mol. The molecule has 0 radical (unpaired) electrons. The maximum absolute atomic E-state index is 14.6. The fourth-order valence-corrected chi connectivity index (χ4v) is 6.47. The number of likely N-dealkylation sites (N-methyl/N-ethyl adjacent to an activating group) is 2. The van der Waals surface area contributed by atoms with Crippen molar-refractivity contribution in [2.24, 2.45) is 13.0 Å². The van der Waals surface area contributed by atoms with Gasteiger partial charge in [-0.05, 0) is 50.2 Å². The van der Waals surface area contributed by atoms with E-state index >= 15 is 0 Å². The molecule has 0 unspecified atom stereocenters. The molecule has 3 aromatic carbocycles. The van der Waals surface area contributed by atoms with Gasteiger partial charge in [-0.2, -0.15) is 0 Å². The van der Waals surface area contributed by atoms with E-state index in [1.807, 2.05) is 111 Å². The molecule has 0 aliphatic carbocycles. The number of amides is 2. The SMILES string of the molecule is C[C@H](CO)N1C[C@H](C)[C@H](CN(C)C(=O)[C@@H](Cc2ccccc2)N(C)C)OCc2ccccc2-c2c(n(C)c3ccccc23)C1=O. The number of hydrogen-bond acceptors (Lipinski definition) is 5. The van der Waals surface area contributed by atoms with E-state index in [2.05, 4.69) is 19.1 Å². The topological polar surface area (TPSA) is 78.2 Å². The molecular weight excluding hydrogens is 564 g/mol. The zero-order valence-electron chi connectivity index (χ0n) is 27.3. The predicted octanol–water partition coefficient (Wildman–Crippen LogP) is 4.83. The lowest BCUT2D eigenvalue weighted by Crippen LogP contribution is -2.50. The number of aliphatic hydroxyl groups is 1. The van der Waals surface area contributed by atoms with Crippen LogP contribution in [0, 0.1) is 5.92 Å². The predicted molar refractivity (Wildman–Crippen MR) is 179 cm³/mol. The Morgan fingerprint density at radius 1 is 1.00 bits per heavy atom. The Morgan fingerprint density at radius 3 is 2.38 bits per heavy atom. The second-order valence-corrected chi connectivity index (χ2v) is 12.7. The molecule has 0 saturated carbocycles. The Balaban J connectivity index is 1.52. The summed E-state index contributed by atoms with van der Waals surface area (Å²) < 4.78 is 8.68. The van der Waals surface area contributed by atoms with Gasteiger partial charge in [0.05, 0.1) is 31.4 Å². The summed E-state index contributed by atoms with van der Waals surface area (Å²) in [6.45, 7) is 4.84. The molecule has 0 bridgehead atoms. The highest BCUT2D eigenvalue weighted by atomic mass is 16.5. The molecule has 2 heterocycles. The van der Waals surface area contributed by atoms with Gasteiger partial charge in [0.25, 0.3) is 5.91 Å². The number of para-hydroxylation sites is 1. The van der Waals surface area contributed by atoms with Crippen molar-refractivity contribution in [3.63, 3.8) is 0 Å². The molecule has 1 N–H and O–H groups in total. The molecule has 0 saturated heterocycles. The van der Waals surface area contributed by atoms with Gasteiger partial charge in [0.15, 0.2) is 0 Å². The minimum absolute atomic E-state index is 0.0184. The van der Waals surface area contributed by atoms with Crippen LogP contribution in [0.4, 0.5) is 0 Å². The van der Waals surface area contributed by atoms with E-state index in [0.29, 0.717) is 31.8 Å². The normalized spacial score (nSPS) is 18.7. The number of fused-ring (bicyclic) bond motifs is 5. The summed E-state index contributed by atoms with van der Waals surface area (Å²) in [4.78, 5) is 34.0. The van der Waals surface area contributed by atoms with Crippen LogP contribution in [0.5, 0.6) is 0 Å². The van der Waals surface area contributed by atoms with E-state index in [4.69, 9.17) is 4.74 Å². The summed E-state index contributed by atoms with van der Waals surface area (Å²) >= 11 is 0. The van der Waals surface area contributed by atoms with E-state index in [-0.39, 0.29) is 36.5 Å². The first-order valence-corrected chi connectivity index (χ1v) is 15.8. The van der Waals surface area contributed by atoms with Crippen molar-refractivity contribution in [2.75, 3.05) is 40.8 Å². The van der Waals surface area contributed by atoms with E-state index in [0.717, 1.165) is 33.2 Å². The van der Waals surface area contributed by atoms with Crippen LogP contribution in [0.25, 0.3) is 22.0 Å². The van der Waals surface area contributed by atoms with Gasteiger partial charge >= 0.3 is 0 Å². The summed E-state index contributed by atoms with van der Waals surface area (Å²) in [6.07, 6.45) is 0.249. The first-order valence-electron chi connectivity index (χ1n) is 15.8. The van der Waals surface area contributed by atoms with Gasteiger partial charge in [0, 0.05) is 49.6 Å². The third-order valence-electron chi connectivity index (χ3n) is 9.24. The van der Waals surface area contributed by atoms with Crippen LogP contribution < -0.4 is 0 Å². The lowest BCUT2D eigenvalue weighted by molar-refractivity contribution is -0.137. The number of ether oxygens (including phenoxy) is 1. The number of aromatic nitrogens is 1. The summed E-state index contributed by atoms with van der Waals surface area (Å²) in [7, 11) is 7.64. The Kier molecular flexibility index (Phi) is 10.1. The molecule has 4 aromatic rings. The second kappa shape index (κ2) is 14.0. The second-order valence-electron chi connectivity index (χ2n) is 12.7. The maximum Gasteiger partial charge on any atom is 0.271 e. The minimum Gasteiger partial charge on any atom is -0.394 e. The van der Waals surface area contributed by atoms with Gasteiger partial charge in [-0.15, -0.1) is 0 Å². The van der Waals surface area contributed by atoms with Gasteiger partial charge in [-0.25, -0.2) is 0 Å². The highest BCUT2D eigenvalue weighted by Crippen LogP contribution is 2.38. The van der Waals surface area contributed by atoms with E-state index < -0.39 is 6.04 Å². The van der Waals surface area contributed by atoms with Crippen LogP contribution in [0.2, 0.25) is 0 Å². The van der Waals surface area contributed by atoms with Gasteiger partial charge < -0.3 is 24.2 Å². The molecular formula is C37H46N4O4. The summed E-state index contributed by atoms with van der Waals surface area (Å²) in [5, 5.41) is 11.3. The molecule has 8 heteroatoms. The third kappa shape index (κ3) is 6.69. The van der Waals surface area contributed by atoms with Crippen molar-refractivity contribution in [3.8, 4) is 11.1 Å². The van der Waals surface area contributed by atoms with Crippen molar-refractivity contribution in [2.45, 2.75) is 45.1 Å². The van der Waals surface area contributed by atoms with Gasteiger partial charge in [0.2, 0.25) is 5.91 Å². The number of carbonyl (C=O) groups excluding carboxylic acids is 2. The maximum atomic E-state index is 14.6. The lowest BCUT2D eigenvalue weighted by Gasteiger charge is -2.36. The van der Waals surface area contributed by atoms with Crippen molar-refractivity contribution in [1.29, 1.82) is 0 Å². The van der Waals surface area contributed by atoms with Crippen LogP contribution in [0.3, 0.4) is 0 Å².